The number of benzene rings is 2. The van der Waals surface area contributed by atoms with E-state index in [1.54, 1.807) is 30.3 Å². The number of carbonyl (C=O) groups excluding carboxylic acids is 1. The summed E-state index contributed by atoms with van der Waals surface area (Å²) in [4.78, 5) is 13.0. The monoisotopic (exact) mass is 402 g/mol. The van der Waals surface area contributed by atoms with Crippen molar-refractivity contribution < 1.29 is 22.7 Å². The molecule has 148 valence electrons. The Morgan fingerprint density at radius 2 is 1.86 bits per heavy atom. The van der Waals surface area contributed by atoms with Gasteiger partial charge in [0.2, 0.25) is 15.9 Å². The van der Waals surface area contributed by atoms with Gasteiger partial charge in [-0.25, -0.2) is 8.42 Å². The zero-order valence-corrected chi connectivity index (χ0v) is 16.7. The highest BCUT2D eigenvalue weighted by molar-refractivity contribution is 7.95. The SMILES string of the molecule is COc1ccc(NC(=O)[C@@]23C[C@@H]2CN(c2ccc(C)cc2)S3(=O)=O)c(OC)c1. The van der Waals surface area contributed by atoms with Gasteiger partial charge in [0.1, 0.15) is 11.5 Å². The Kier molecular flexibility index (Phi) is 4.26. The minimum atomic E-state index is -3.82. The molecule has 2 fully saturated rings. The molecule has 0 spiro atoms. The summed E-state index contributed by atoms with van der Waals surface area (Å²) in [5.74, 6) is 0.252. The molecule has 28 heavy (non-hydrogen) atoms. The van der Waals surface area contributed by atoms with Gasteiger partial charge in [0.15, 0.2) is 4.75 Å². The van der Waals surface area contributed by atoms with E-state index in [4.69, 9.17) is 9.47 Å². The molecule has 8 heteroatoms. The van der Waals surface area contributed by atoms with Crippen molar-refractivity contribution in [1.82, 2.24) is 0 Å². The lowest BCUT2D eigenvalue weighted by Crippen LogP contribution is -2.42. The quantitative estimate of drug-likeness (QED) is 0.831. The maximum atomic E-state index is 13.2. The predicted octanol–water partition coefficient (Wildman–Crippen LogP) is 2.56. The number of hydrogen-bond acceptors (Lipinski definition) is 5. The van der Waals surface area contributed by atoms with Crippen molar-refractivity contribution in [3.05, 3.63) is 48.0 Å². The van der Waals surface area contributed by atoms with Crippen LogP contribution in [0.2, 0.25) is 0 Å². The first-order valence-electron chi connectivity index (χ1n) is 8.96. The van der Waals surface area contributed by atoms with Crippen molar-refractivity contribution in [3.8, 4) is 11.5 Å². The average molecular weight is 402 g/mol. The molecule has 1 saturated carbocycles. The number of carbonyl (C=O) groups is 1. The zero-order chi connectivity index (χ0) is 20.1. The topological polar surface area (TPSA) is 84.9 Å². The van der Waals surface area contributed by atoms with Gasteiger partial charge in [-0.1, -0.05) is 17.7 Å². The number of hydrogen-bond donors (Lipinski definition) is 1. The van der Waals surface area contributed by atoms with Gasteiger partial charge in [-0.05, 0) is 37.6 Å². The summed E-state index contributed by atoms with van der Waals surface area (Å²) in [6.07, 6.45) is 0.335. The molecule has 2 atom stereocenters. The minimum absolute atomic E-state index is 0.219. The van der Waals surface area contributed by atoms with Crippen LogP contribution in [0.5, 0.6) is 11.5 Å². The van der Waals surface area contributed by atoms with E-state index in [0.717, 1.165) is 5.56 Å². The second kappa shape index (κ2) is 6.41. The molecule has 0 bridgehead atoms. The van der Waals surface area contributed by atoms with Gasteiger partial charge in [0, 0.05) is 18.5 Å². The largest absolute Gasteiger partial charge is 0.497 e. The van der Waals surface area contributed by atoms with Crippen LogP contribution in [0.1, 0.15) is 12.0 Å². The summed E-state index contributed by atoms with van der Waals surface area (Å²) in [7, 11) is -0.802. The van der Waals surface area contributed by atoms with Crippen molar-refractivity contribution in [1.29, 1.82) is 0 Å². The van der Waals surface area contributed by atoms with E-state index in [9.17, 15) is 13.2 Å². The van der Waals surface area contributed by atoms with Crippen LogP contribution < -0.4 is 19.1 Å². The fourth-order valence-electron chi connectivity index (χ4n) is 3.81. The standard InChI is InChI=1S/C20H22N2O5S/c1-13-4-6-15(7-5-13)22-12-14-11-20(14,28(22,24)25)19(23)21-17-9-8-16(26-2)10-18(17)27-3/h4-10,14H,11-12H2,1-3H3,(H,21,23)/t14-,20-/m1/s1. The number of methoxy groups -OCH3 is 2. The summed E-state index contributed by atoms with van der Waals surface area (Å²) in [5, 5.41) is 2.75. The molecule has 1 N–H and O–H groups in total. The van der Waals surface area contributed by atoms with E-state index in [2.05, 4.69) is 5.32 Å². The molecule has 0 unspecified atom stereocenters. The number of ether oxygens (including phenoxy) is 2. The Bertz CT molecular complexity index is 1040. The van der Waals surface area contributed by atoms with Gasteiger partial charge in [-0.2, -0.15) is 0 Å². The van der Waals surface area contributed by atoms with Gasteiger partial charge in [0.05, 0.1) is 25.6 Å². The lowest BCUT2D eigenvalue weighted by atomic mass is 10.2. The Hall–Kier alpha value is -2.74. The van der Waals surface area contributed by atoms with Crippen molar-refractivity contribution >= 4 is 27.3 Å². The molecule has 2 aromatic carbocycles. The number of fused-ring (bicyclic) bond motifs is 1. The van der Waals surface area contributed by atoms with E-state index in [-0.39, 0.29) is 5.92 Å². The number of rotatable bonds is 5. The highest BCUT2D eigenvalue weighted by atomic mass is 32.2. The maximum absolute atomic E-state index is 13.2. The van der Waals surface area contributed by atoms with Gasteiger partial charge in [0.25, 0.3) is 0 Å². The highest BCUT2D eigenvalue weighted by Gasteiger charge is 2.75. The molecular formula is C20H22N2O5S. The predicted molar refractivity (Wildman–Crippen MR) is 106 cm³/mol. The summed E-state index contributed by atoms with van der Waals surface area (Å²) < 4.78 is 36.9. The van der Waals surface area contributed by atoms with E-state index < -0.39 is 20.7 Å². The van der Waals surface area contributed by atoms with Crippen LogP contribution in [-0.2, 0) is 14.8 Å². The fraction of sp³-hybridized carbons (Fsp3) is 0.350. The fourth-order valence-corrected chi connectivity index (χ4v) is 6.17. The maximum Gasteiger partial charge on any atom is 0.250 e. The van der Waals surface area contributed by atoms with E-state index in [1.165, 1.54) is 18.5 Å². The van der Waals surface area contributed by atoms with Crippen LogP contribution in [0.15, 0.2) is 42.5 Å². The summed E-state index contributed by atoms with van der Waals surface area (Å²) in [6.45, 7) is 2.26. The Balaban J connectivity index is 1.61. The average Bonchev–Trinajstić information content (AvgIpc) is 3.38. The molecule has 1 heterocycles. The molecule has 0 aromatic heterocycles. The van der Waals surface area contributed by atoms with Crippen molar-refractivity contribution in [2.45, 2.75) is 18.1 Å². The van der Waals surface area contributed by atoms with Crippen molar-refractivity contribution in [2.24, 2.45) is 5.92 Å². The molecule has 1 aliphatic carbocycles. The number of nitrogens with zero attached hydrogens (tertiary/aromatic N) is 1. The number of aryl methyl sites for hydroxylation is 1. The van der Waals surface area contributed by atoms with Crippen LogP contribution in [0.3, 0.4) is 0 Å². The van der Waals surface area contributed by atoms with E-state index in [0.29, 0.717) is 35.8 Å². The van der Waals surface area contributed by atoms with E-state index >= 15 is 0 Å². The molecule has 0 radical (unpaired) electrons. The summed E-state index contributed by atoms with van der Waals surface area (Å²) in [5.41, 5.74) is 2.05. The molecule has 7 nitrogen and oxygen atoms in total. The lowest BCUT2D eigenvalue weighted by Gasteiger charge is -2.23. The normalized spacial score (nSPS) is 24.4. The lowest BCUT2D eigenvalue weighted by molar-refractivity contribution is -0.116. The van der Waals surface area contributed by atoms with Crippen LogP contribution in [-0.4, -0.2) is 39.8 Å². The molecule has 1 saturated heterocycles. The molecule has 2 aliphatic rings. The minimum Gasteiger partial charge on any atom is -0.497 e. The van der Waals surface area contributed by atoms with Crippen molar-refractivity contribution in [2.75, 3.05) is 30.4 Å². The van der Waals surface area contributed by atoms with Crippen LogP contribution in [0, 0.1) is 12.8 Å². The Morgan fingerprint density at radius 1 is 1.14 bits per heavy atom. The second-order valence-electron chi connectivity index (χ2n) is 7.18. The van der Waals surface area contributed by atoms with E-state index in [1.807, 2.05) is 19.1 Å². The number of anilines is 2. The first-order valence-corrected chi connectivity index (χ1v) is 10.4. The van der Waals surface area contributed by atoms with Gasteiger partial charge >= 0.3 is 0 Å². The molecular weight excluding hydrogens is 380 g/mol. The van der Waals surface area contributed by atoms with Crippen LogP contribution in [0.25, 0.3) is 0 Å². The third-order valence-electron chi connectivity index (χ3n) is 5.55. The number of nitrogens with one attached hydrogen (secondary N) is 1. The number of amides is 1. The van der Waals surface area contributed by atoms with Gasteiger partial charge in [-0.15, -0.1) is 0 Å². The first-order chi connectivity index (χ1) is 13.3. The van der Waals surface area contributed by atoms with Crippen molar-refractivity contribution in [3.63, 3.8) is 0 Å². The summed E-state index contributed by atoms with van der Waals surface area (Å²) in [6, 6.07) is 12.2. The second-order valence-corrected chi connectivity index (χ2v) is 9.30. The Morgan fingerprint density at radius 3 is 2.50 bits per heavy atom. The van der Waals surface area contributed by atoms with Gasteiger partial charge in [-0.3, -0.25) is 9.10 Å². The molecule has 1 aliphatic heterocycles. The first kappa shape index (κ1) is 18.6. The Labute approximate surface area is 164 Å². The zero-order valence-electron chi connectivity index (χ0n) is 15.9. The highest BCUT2D eigenvalue weighted by Crippen LogP contribution is 2.58. The van der Waals surface area contributed by atoms with Crippen LogP contribution >= 0.6 is 0 Å². The smallest absolute Gasteiger partial charge is 0.250 e. The number of sulfonamides is 1. The van der Waals surface area contributed by atoms with Gasteiger partial charge < -0.3 is 14.8 Å². The molecule has 1 amide bonds. The van der Waals surface area contributed by atoms with Crippen LogP contribution in [0.4, 0.5) is 11.4 Å². The third-order valence-corrected chi connectivity index (χ3v) is 8.10. The molecule has 4 rings (SSSR count). The third kappa shape index (κ3) is 2.63. The summed E-state index contributed by atoms with van der Waals surface area (Å²) >= 11 is 0. The molecule has 2 aromatic rings.